The molecular weight excluding hydrogens is 314 g/mol. The number of aryl methyl sites for hydroxylation is 1. The number of sulfone groups is 1. The zero-order valence-electron chi connectivity index (χ0n) is 12.7. The highest BCUT2D eigenvalue weighted by atomic mass is 32.2. The van der Waals surface area contributed by atoms with Gasteiger partial charge in [0.05, 0.1) is 0 Å². The summed E-state index contributed by atoms with van der Waals surface area (Å²) >= 11 is 0. The van der Waals surface area contributed by atoms with Crippen molar-refractivity contribution in [3.8, 4) is 0 Å². The fraction of sp³-hybridized carbons (Fsp3) is 0.267. The monoisotopic (exact) mass is 331 g/mol. The summed E-state index contributed by atoms with van der Waals surface area (Å²) in [5.41, 5.74) is 0.819. The van der Waals surface area contributed by atoms with E-state index in [1.165, 1.54) is 6.26 Å². The van der Waals surface area contributed by atoms with E-state index in [2.05, 4.69) is 20.5 Å². The van der Waals surface area contributed by atoms with E-state index >= 15 is 0 Å². The zero-order chi connectivity index (χ0) is 16.3. The Kier molecular flexibility index (Phi) is 4.24. The topological polar surface area (TPSA) is 89.2 Å². The van der Waals surface area contributed by atoms with Crippen LogP contribution in [0.4, 0.5) is 5.82 Å². The van der Waals surface area contributed by atoms with Crippen molar-refractivity contribution in [1.29, 1.82) is 0 Å². The second kappa shape index (κ2) is 6.33. The lowest BCUT2D eigenvalue weighted by Crippen LogP contribution is -2.10. The van der Waals surface area contributed by atoms with Crippen LogP contribution >= 0.6 is 0 Å². The normalized spacial score (nSPS) is 11.7. The van der Waals surface area contributed by atoms with Gasteiger partial charge in [0.2, 0.25) is 0 Å². The molecular formula is C15H17N5O2S. The zero-order valence-corrected chi connectivity index (χ0v) is 13.5. The highest BCUT2D eigenvalue weighted by Gasteiger charge is 2.13. The molecule has 0 fully saturated rings. The third-order valence-corrected chi connectivity index (χ3v) is 4.55. The van der Waals surface area contributed by atoms with E-state index < -0.39 is 9.84 Å². The smallest absolute Gasteiger partial charge is 0.179 e. The molecule has 0 radical (unpaired) electrons. The molecule has 7 nitrogen and oxygen atoms in total. The van der Waals surface area contributed by atoms with Crippen molar-refractivity contribution in [2.45, 2.75) is 17.7 Å². The van der Waals surface area contributed by atoms with Crippen molar-refractivity contribution in [3.05, 3.63) is 48.5 Å². The van der Waals surface area contributed by atoms with Gasteiger partial charge in [0.25, 0.3) is 0 Å². The molecule has 0 unspecified atom stereocenters. The van der Waals surface area contributed by atoms with Gasteiger partial charge in [-0.1, -0.05) is 6.07 Å². The van der Waals surface area contributed by atoms with E-state index in [-0.39, 0.29) is 4.90 Å². The summed E-state index contributed by atoms with van der Waals surface area (Å²) in [6, 6.07) is 8.93. The average Bonchev–Trinajstić information content (AvgIpc) is 2.94. The fourth-order valence-electron chi connectivity index (χ4n) is 2.34. The number of nitrogens with zero attached hydrogens (tertiary/aromatic N) is 4. The second-order valence-electron chi connectivity index (χ2n) is 5.20. The lowest BCUT2D eigenvalue weighted by atomic mass is 10.3. The third kappa shape index (κ3) is 3.48. The Hall–Kier alpha value is -2.48. The molecule has 0 aliphatic carbocycles. The summed E-state index contributed by atoms with van der Waals surface area (Å²) in [6.45, 7) is 0.598. The molecule has 0 aliphatic heterocycles. The van der Waals surface area contributed by atoms with Crippen LogP contribution in [0.15, 0.2) is 47.6 Å². The van der Waals surface area contributed by atoms with Crippen molar-refractivity contribution in [3.63, 3.8) is 0 Å². The third-order valence-electron chi connectivity index (χ3n) is 3.42. The molecule has 0 saturated carbocycles. The number of fused-ring (bicyclic) bond motifs is 1. The van der Waals surface area contributed by atoms with Gasteiger partial charge in [-0.25, -0.2) is 13.4 Å². The van der Waals surface area contributed by atoms with Gasteiger partial charge in [-0.05, 0) is 30.7 Å². The first-order chi connectivity index (χ1) is 11.1. The summed E-state index contributed by atoms with van der Waals surface area (Å²) < 4.78 is 25.4. The fourth-order valence-corrected chi connectivity index (χ4v) is 3.14. The molecule has 3 heterocycles. The summed E-state index contributed by atoms with van der Waals surface area (Å²) in [7, 11) is -3.29. The van der Waals surface area contributed by atoms with E-state index in [9.17, 15) is 8.42 Å². The van der Waals surface area contributed by atoms with Crippen molar-refractivity contribution in [2.24, 2.45) is 0 Å². The Morgan fingerprint density at radius 1 is 1.17 bits per heavy atom. The number of aromatic nitrogens is 4. The summed E-state index contributed by atoms with van der Waals surface area (Å²) in [6.07, 6.45) is 6.20. The maximum Gasteiger partial charge on any atom is 0.179 e. The Morgan fingerprint density at radius 2 is 2.04 bits per heavy atom. The largest absolute Gasteiger partial charge is 0.369 e. The molecule has 0 bridgehead atoms. The van der Waals surface area contributed by atoms with Gasteiger partial charge in [0, 0.05) is 31.6 Å². The van der Waals surface area contributed by atoms with Crippen LogP contribution in [0.3, 0.4) is 0 Å². The molecule has 3 aromatic heterocycles. The first-order valence-electron chi connectivity index (χ1n) is 7.23. The number of hydrogen-bond donors (Lipinski definition) is 1. The maximum atomic E-state index is 11.7. The van der Waals surface area contributed by atoms with E-state index in [0.717, 1.165) is 24.3 Å². The summed E-state index contributed by atoms with van der Waals surface area (Å²) in [5, 5.41) is 11.4. The van der Waals surface area contributed by atoms with E-state index in [1.54, 1.807) is 18.3 Å². The van der Waals surface area contributed by atoms with Gasteiger partial charge >= 0.3 is 0 Å². The predicted molar refractivity (Wildman–Crippen MR) is 87.1 cm³/mol. The SMILES string of the molecule is CS(=O)(=O)c1cccnc1NCCCc1nnc2ccccn12. The molecule has 0 spiro atoms. The van der Waals surface area contributed by atoms with Gasteiger partial charge in [-0.15, -0.1) is 10.2 Å². The van der Waals surface area contributed by atoms with Crippen molar-refractivity contribution >= 4 is 21.3 Å². The molecule has 0 saturated heterocycles. The van der Waals surface area contributed by atoms with E-state index in [4.69, 9.17) is 0 Å². The molecule has 0 aliphatic rings. The maximum absolute atomic E-state index is 11.7. The van der Waals surface area contributed by atoms with Gasteiger partial charge in [-0.3, -0.25) is 4.40 Å². The molecule has 0 atom stereocenters. The van der Waals surface area contributed by atoms with Gasteiger partial charge in [-0.2, -0.15) is 0 Å². The molecule has 0 amide bonds. The quantitative estimate of drug-likeness (QED) is 0.690. The predicted octanol–water partition coefficient (Wildman–Crippen LogP) is 1.57. The van der Waals surface area contributed by atoms with Crippen LogP contribution < -0.4 is 5.32 Å². The van der Waals surface area contributed by atoms with Crippen molar-refractivity contribution in [1.82, 2.24) is 19.6 Å². The first-order valence-corrected chi connectivity index (χ1v) is 9.12. The van der Waals surface area contributed by atoms with Gasteiger partial charge in [0.15, 0.2) is 15.5 Å². The van der Waals surface area contributed by atoms with Crippen LogP contribution in [-0.4, -0.2) is 40.8 Å². The highest BCUT2D eigenvalue weighted by molar-refractivity contribution is 7.90. The second-order valence-corrected chi connectivity index (χ2v) is 7.18. The lowest BCUT2D eigenvalue weighted by Gasteiger charge is -2.09. The van der Waals surface area contributed by atoms with Crippen LogP contribution in [0.25, 0.3) is 5.65 Å². The van der Waals surface area contributed by atoms with Crippen LogP contribution in [-0.2, 0) is 16.3 Å². The van der Waals surface area contributed by atoms with Crippen LogP contribution in [0.1, 0.15) is 12.2 Å². The molecule has 8 heteroatoms. The van der Waals surface area contributed by atoms with E-state index in [1.807, 2.05) is 28.8 Å². The first kappa shape index (κ1) is 15.4. The Bertz CT molecular complexity index is 920. The molecule has 3 rings (SSSR count). The standard InChI is InChI=1S/C15H17N5O2S/c1-23(21,22)12-6-4-9-16-15(12)17-10-5-8-14-19-18-13-7-2-3-11-20(13)14/h2-4,6-7,9,11H,5,8,10H2,1H3,(H,16,17). The number of hydrogen-bond acceptors (Lipinski definition) is 6. The number of nitrogens with one attached hydrogen (secondary N) is 1. The molecule has 3 aromatic rings. The minimum atomic E-state index is -3.29. The molecule has 120 valence electrons. The number of pyridine rings is 2. The lowest BCUT2D eigenvalue weighted by molar-refractivity contribution is 0.601. The molecule has 0 aromatic carbocycles. The Morgan fingerprint density at radius 3 is 2.87 bits per heavy atom. The average molecular weight is 331 g/mol. The minimum Gasteiger partial charge on any atom is -0.369 e. The Labute approximate surface area is 134 Å². The molecule has 23 heavy (non-hydrogen) atoms. The Balaban J connectivity index is 1.63. The minimum absolute atomic E-state index is 0.216. The highest BCUT2D eigenvalue weighted by Crippen LogP contribution is 2.17. The summed E-state index contributed by atoms with van der Waals surface area (Å²) in [5.74, 6) is 1.27. The van der Waals surface area contributed by atoms with Crippen molar-refractivity contribution < 1.29 is 8.42 Å². The number of rotatable bonds is 6. The number of anilines is 1. The van der Waals surface area contributed by atoms with Crippen LogP contribution in [0.5, 0.6) is 0 Å². The summed E-state index contributed by atoms with van der Waals surface area (Å²) in [4.78, 5) is 4.32. The van der Waals surface area contributed by atoms with Gasteiger partial charge < -0.3 is 5.32 Å². The van der Waals surface area contributed by atoms with Crippen molar-refractivity contribution in [2.75, 3.05) is 18.1 Å². The van der Waals surface area contributed by atoms with Crippen LogP contribution in [0.2, 0.25) is 0 Å². The molecule has 1 N–H and O–H groups in total. The van der Waals surface area contributed by atoms with Crippen LogP contribution in [0, 0.1) is 0 Å². The van der Waals surface area contributed by atoms with E-state index in [0.29, 0.717) is 12.4 Å². The van der Waals surface area contributed by atoms with Gasteiger partial charge in [0.1, 0.15) is 16.5 Å².